The van der Waals surface area contributed by atoms with Crippen LogP contribution in [0.1, 0.15) is 11.1 Å². The Bertz CT molecular complexity index is 1010. The molecule has 0 N–H and O–H groups in total. The van der Waals surface area contributed by atoms with Crippen molar-refractivity contribution in [2.75, 3.05) is 7.11 Å². The number of nitro groups is 2. The normalized spacial score (nSPS) is 14.6. The lowest BCUT2D eigenvalue weighted by atomic mass is 10.1. The summed E-state index contributed by atoms with van der Waals surface area (Å²) in [5, 5.41) is 21.8. The summed E-state index contributed by atoms with van der Waals surface area (Å²) in [6.45, 7) is 0. The van der Waals surface area contributed by atoms with Crippen molar-refractivity contribution < 1.29 is 24.1 Å². The van der Waals surface area contributed by atoms with Gasteiger partial charge in [-0.1, -0.05) is 0 Å². The van der Waals surface area contributed by atoms with Gasteiger partial charge in [0.25, 0.3) is 5.69 Å². The second-order valence-corrected chi connectivity index (χ2v) is 5.33. The number of nitro benzene ring substituents is 2. The lowest BCUT2D eigenvalue weighted by Gasteiger charge is -2.03. The molecule has 1 heterocycles. The molecule has 0 saturated heterocycles. The quantitative estimate of drug-likeness (QED) is 0.342. The molecule has 0 amide bonds. The molecule has 3 rings (SSSR count). The van der Waals surface area contributed by atoms with E-state index in [9.17, 15) is 25.0 Å². The Balaban J connectivity index is 1.93. The molecule has 0 unspecified atom stereocenters. The molecular formula is C17H11N3O7. The molecule has 10 nitrogen and oxygen atoms in total. The number of benzene rings is 2. The largest absolute Gasteiger partial charge is 0.490 e. The van der Waals surface area contributed by atoms with Crippen LogP contribution in [0.25, 0.3) is 6.08 Å². The Morgan fingerprint density at radius 1 is 1.07 bits per heavy atom. The zero-order valence-electron chi connectivity index (χ0n) is 13.8. The van der Waals surface area contributed by atoms with Crippen molar-refractivity contribution in [1.29, 1.82) is 0 Å². The molecule has 0 aromatic heterocycles. The molecule has 0 spiro atoms. The van der Waals surface area contributed by atoms with Gasteiger partial charge >= 0.3 is 11.7 Å². The van der Waals surface area contributed by atoms with Crippen LogP contribution >= 0.6 is 0 Å². The zero-order chi connectivity index (χ0) is 19.6. The molecular weight excluding hydrogens is 358 g/mol. The fourth-order valence-electron chi connectivity index (χ4n) is 2.35. The van der Waals surface area contributed by atoms with Gasteiger partial charge in [-0.05, 0) is 35.9 Å². The number of methoxy groups -OCH3 is 1. The second-order valence-electron chi connectivity index (χ2n) is 5.33. The Labute approximate surface area is 151 Å². The van der Waals surface area contributed by atoms with E-state index < -0.39 is 15.8 Å². The van der Waals surface area contributed by atoms with Crippen molar-refractivity contribution in [2.45, 2.75) is 0 Å². The molecule has 0 bridgehead atoms. The highest BCUT2D eigenvalue weighted by molar-refractivity contribution is 6.13. The van der Waals surface area contributed by atoms with Crippen molar-refractivity contribution in [3.05, 3.63) is 79.5 Å². The summed E-state index contributed by atoms with van der Waals surface area (Å²) in [4.78, 5) is 36.7. The summed E-state index contributed by atoms with van der Waals surface area (Å²) in [5.41, 5.74) is 0.348. The first-order valence-electron chi connectivity index (χ1n) is 7.49. The number of carbonyl (C=O) groups excluding carboxylic acids is 1. The molecule has 2 aromatic carbocycles. The minimum Gasteiger partial charge on any atom is -0.490 e. The summed E-state index contributed by atoms with van der Waals surface area (Å²) in [7, 11) is 1.31. The van der Waals surface area contributed by atoms with E-state index in [0.29, 0.717) is 5.56 Å². The predicted molar refractivity (Wildman–Crippen MR) is 93.4 cm³/mol. The van der Waals surface area contributed by atoms with Crippen molar-refractivity contribution >= 4 is 29.3 Å². The van der Waals surface area contributed by atoms with E-state index in [2.05, 4.69) is 4.99 Å². The second kappa shape index (κ2) is 7.04. The number of ether oxygens (including phenoxy) is 2. The zero-order valence-corrected chi connectivity index (χ0v) is 13.8. The molecule has 27 heavy (non-hydrogen) atoms. The minimum atomic E-state index is -0.734. The van der Waals surface area contributed by atoms with E-state index in [1.807, 2.05) is 0 Å². The molecule has 0 radical (unpaired) electrons. The third kappa shape index (κ3) is 3.63. The molecule has 1 aliphatic rings. The van der Waals surface area contributed by atoms with Gasteiger partial charge in [0, 0.05) is 23.8 Å². The third-order valence-corrected chi connectivity index (χ3v) is 3.65. The van der Waals surface area contributed by atoms with Gasteiger partial charge in [-0.2, -0.15) is 0 Å². The Morgan fingerprint density at radius 2 is 1.78 bits per heavy atom. The first-order chi connectivity index (χ1) is 12.9. The highest BCUT2D eigenvalue weighted by atomic mass is 16.6. The standard InChI is InChI=1S/C17H11N3O7/c1-26-15-7-4-11(9-14(15)20(24)25)16-18-13(17(21)27-16)8-10-2-5-12(6-3-10)19(22)23/h2-9H,1H3. The maximum Gasteiger partial charge on any atom is 0.363 e. The van der Waals surface area contributed by atoms with Crippen LogP contribution in [0, 0.1) is 20.2 Å². The van der Waals surface area contributed by atoms with Gasteiger partial charge in [0.05, 0.1) is 17.0 Å². The summed E-state index contributed by atoms with van der Waals surface area (Å²) in [6.07, 6.45) is 1.40. The van der Waals surface area contributed by atoms with Crippen LogP contribution in [-0.2, 0) is 9.53 Å². The topological polar surface area (TPSA) is 134 Å². The highest BCUT2D eigenvalue weighted by Crippen LogP contribution is 2.29. The Morgan fingerprint density at radius 3 is 2.37 bits per heavy atom. The molecule has 2 aromatic rings. The first kappa shape index (κ1) is 17.7. The first-order valence-corrected chi connectivity index (χ1v) is 7.49. The lowest BCUT2D eigenvalue weighted by Crippen LogP contribution is -2.06. The van der Waals surface area contributed by atoms with Gasteiger partial charge in [0.1, 0.15) is 0 Å². The maximum atomic E-state index is 12.0. The number of non-ortho nitro benzene ring substituents is 1. The van der Waals surface area contributed by atoms with Crippen LogP contribution in [0.4, 0.5) is 11.4 Å². The number of hydrogen-bond acceptors (Lipinski definition) is 8. The van der Waals surface area contributed by atoms with Gasteiger partial charge in [-0.15, -0.1) is 0 Å². The number of rotatable bonds is 5. The third-order valence-electron chi connectivity index (χ3n) is 3.65. The molecule has 0 fully saturated rings. The average molecular weight is 369 g/mol. The highest BCUT2D eigenvalue weighted by Gasteiger charge is 2.26. The van der Waals surface area contributed by atoms with Crippen LogP contribution in [-0.4, -0.2) is 28.8 Å². The SMILES string of the molecule is COc1ccc(C2=NC(=Cc3ccc([N+](=O)[O-])cc3)C(=O)O2)cc1[N+](=O)[O-]. The molecule has 0 saturated carbocycles. The molecule has 136 valence electrons. The summed E-state index contributed by atoms with van der Waals surface area (Å²) in [6, 6.07) is 9.57. The van der Waals surface area contributed by atoms with Gasteiger partial charge in [0.2, 0.25) is 5.90 Å². The predicted octanol–water partition coefficient (Wildman–Crippen LogP) is 2.86. The Kier molecular flexibility index (Phi) is 4.62. The smallest absolute Gasteiger partial charge is 0.363 e. The average Bonchev–Trinajstić information content (AvgIpc) is 3.02. The lowest BCUT2D eigenvalue weighted by molar-refractivity contribution is -0.385. The van der Waals surface area contributed by atoms with Gasteiger partial charge in [-0.3, -0.25) is 20.2 Å². The number of nitrogens with zero attached hydrogens (tertiary/aromatic N) is 3. The fraction of sp³-hybridized carbons (Fsp3) is 0.0588. The van der Waals surface area contributed by atoms with Crippen LogP contribution in [0.15, 0.2) is 53.2 Å². The number of hydrogen-bond donors (Lipinski definition) is 0. The van der Waals surface area contributed by atoms with Gasteiger partial charge in [-0.25, -0.2) is 9.79 Å². The number of esters is 1. The number of cyclic esters (lactones) is 1. The van der Waals surface area contributed by atoms with Gasteiger partial charge < -0.3 is 9.47 Å². The van der Waals surface area contributed by atoms with E-state index in [-0.39, 0.29) is 34.3 Å². The van der Waals surface area contributed by atoms with E-state index in [1.165, 1.54) is 55.7 Å². The summed E-state index contributed by atoms with van der Waals surface area (Å²) < 4.78 is 10.00. The van der Waals surface area contributed by atoms with Crippen LogP contribution in [0.5, 0.6) is 5.75 Å². The van der Waals surface area contributed by atoms with Crippen molar-refractivity contribution in [1.82, 2.24) is 0 Å². The molecule has 10 heteroatoms. The number of carbonyl (C=O) groups is 1. The molecule has 0 atom stereocenters. The van der Waals surface area contributed by atoms with E-state index >= 15 is 0 Å². The summed E-state index contributed by atoms with van der Waals surface area (Å²) >= 11 is 0. The summed E-state index contributed by atoms with van der Waals surface area (Å²) in [5.74, 6) is -0.754. The minimum absolute atomic E-state index is 0.0303. The monoisotopic (exact) mass is 369 g/mol. The van der Waals surface area contributed by atoms with Crippen LogP contribution in [0.3, 0.4) is 0 Å². The molecule has 0 aliphatic carbocycles. The van der Waals surface area contributed by atoms with E-state index in [4.69, 9.17) is 9.47 Å². The maximum absolute atomic E-state index is 12.0. The fourth-order valence-corrected chi connectivity index (χ4v) is 2.35. The van der Waals surface area contributed by atoms with Crippen molar-refractivity contribution in [3.8, 4) is 5.75 Å². The number of aliphatic imine (C=N–C) groups is 1. The van der Waals surface area contributed by atoms with Crippen LogP contribution < -0.4 is 4.74 Å². The van der Waals surface area contributed by atoms with Crippen molar-refractivity contribution in [3.63, 3.8) is 0 Å². The Hall–Kier alpha value is -4.08. The van der Waals surface area contributed by atoms with Gasteiger partial charge in [0.15, 0.2) is 11.4 Å². The van der Waals surface area contributed by atoms with E-state index in [1.54, 1.807) is 0 Å². The van der Waals surface area contributed by atoms with Crippen LogP contribution in [0.2, 0.25) is 0 Å². The van der Waals surface area contributed by atoms with Crippen molar-refractivity contribution in [2.24, 2.45) is 4.99 Å². The molecule has 1 aliphatic heterocycles. The van der Waals surface area contributed by atoms with E-state index in [0.717, 1.165) is 0 Å².